The first-order chi connectivity index (χ1) is 10.3. The van der Waals surface area contributed by atoms with Crippen LogP contribution in [0.5, 0.6) is 5.75 Å². The Hall–Kier alpha value is -2.33. The third kappa shape index (κ3) is 3.83. The second kappa shape index (κ2) is 7.45. The molecule has 4 heteroatoms. The summed E-state index contributed by atoms with van der Waals surface area (Å²) in [7, 11) is 1.37. The lowest BCUT2D eigenvalue weighted by molar-refractivity contribution is 0.0601. The van der Waals surface area contributed by atoms with Crippen molar-refractivity contribution in [1.82, 2.24) is 0 Å². The van der Waals surface area contributed by atoms with E-state index in [1.165, 1.54) is 7.11 Å². The van der Waals surface area contributed by atoms with Crippen molar-refractivity contribution >= 4 is 5.97 Å². The molecule has 21 heavy (non-hydrogen) atoms. The zero-order chi connectivity index (χ0) is 15.1. The maximum atomic E-state index is 11.6. The topological polar surface area (TPSA) is 61.5 Å². The first kappa shape index (κ1) is 15.1. The second-order valence-electron chi connectivity index (χ2n) is 4.56. The van der Waals surface area contributed by atoms with E-state index < -0.39 is 0 Å². The number of para-hydroxylation sites is 1. The fraction of sp³-hybridized carbons (Fsp3) is 0.235. The lowest BCUT2D eigenvalue weighted by Crippen LogP contribution is -2.06. The van der Waals surface area contributed by atoms with Gasteiger partial charge in [0.2, 0.25) is 0 Å². The Morgan fingerprint density at radius 1 is 1.14 bits per heavy atom. The zero-order valence-electron chi connectivity index (χ0n) is 12.0. The molecule has 0 aliphatic carbocycles. The average Bonchev–Trinajstić information content (AvgIpc) is 2.55. The van der Waals surface area contributed by atoms with E-state index in [0.29, 0.717) is 18.7 Å². The molecule has 0 spiro atoms. The minimum atomic E-state index is -0.349. The number of hydrogen-bond acceptors (Lipinski definition) is 4. The van der Waals surface area contributed by atoms with Crippen LogP contribution in [-0.2, 0) is 4.74 Å². The van der Waals surface area contributed by atoms with E-state index in [4.69, 9.17) is 15.2 Å². The van der Waals surface area contributed by atoms with Gasteiger partial charge < -0.3 is 15.2 Å². The van der Waals surface area contributed by atoms with Crippen molar-refractivity contribution in [3.05, 3.63) is 54.1 Å². The quantitative estimate of drug-likeness (QED) is 0.655. The summed E-state index contributed by atoms with van der Waals surface area (Å²) in [5.41, 5.74) is 7.86. The summed E-state index contributed by atoms with van der Waals surface area (Å²) < 4.78 is 10.5. The van der Waals surface area contributed by atoms with Crippen LogP contribution in [-0.4, -0.2) is 26.2 Å². The number of benzene rings is 2. The Kier molecular flexibility index (Phi) is 5.35. The van der Waals surface area contributed by atoms with Gasteiger partial charge in [-0.05, 0) is 36.7 Å². The summed E-state index contributed by atoms with van der Waals surface area (Å²) in [6.45, 7) is 1.17. The minimum absolute atomic E-state index is 0.349. The highest BCUT2D eigenvalue weighted by atomic mass is 16.5. The van der Waals surface area contributed by atoms with E-state index in [1.54, 1.807) is 12.1 Å². The van der Waals surface area contributed by atoms with E-state index in [0.717, 1.165) is 23.3 Å². The molecule has 0 atom stereocenters. The molecule has 0 radical (unpaired) electrons. The standard InChI is InChI=1S/C17H19NO3/c1-20-17(19)14-7-4-6-13(12-14)15-8-2-3-9-16(15)21-11-5-10-18/h2-4,6-9,12H,5,10-11,18H2,1H3. The Balaban J connectivity index is 2.31. The summed E-state index contributed by atoms with van der Waals surface area (Å²) in [5.74, 6) is 0.436. The van der Waals surface area contributed by atoms with Crippen molar-refractivity contribution in [2.75, 3.05) is 20.3 Å². The Morgan fingerprint density at radius 2 is 1.95 bits per heavy atom. The number of nitrogens with two attached hydrogens (primary N) is 1. The third-order valence-electron chi connectivity index (χ3n) is 3.09. The molecule has 0 fully saturated rings. The Labute approximate surface area is 124 Å². The van der Waals surface area contributed by atoms with E-state index in [2.05, 4.69) is 0 Å². The summed E-state index contributed by atoms with van der Waals surface area (Å²) in [6, 6.07) is 15.0. The van der Waals surface area contributed by atoms with Gasteiger partial charge in [-0.3, -0.25) is 0 Å². The molecule has 0 aliphatic rings. The van der Waals surface area contributed by atoms with Gasteiger partial charge in [0.25, 0.3) is 0 Å². The zero-order valence-corrected chi connectivity index (χ0v) is 12.0. The highest BCUT2D eigenvalue weighted by Gasteiger charge is 2.10. The molecule has 0 heterocycles. The summed E-state index contributed by atoms with van der Waals surface area (Å²) in [6.07, 6.45) is 0.802. The van der Waals surface area contributed by atoms with Crippen molar-refractivity contribution in [2.45, 2.75) is 6.42 Å². The van der Waals surface area contributed by atoms with Gasteiger partial charge in [0.05, 0.1) is 19.3 Å². The fourth-order valence-electron chi connectivity index (χ4n) is 2.03. The number of rotatable bonds is 6. The molecule has 2 aromatic carbocycles. The van der Waals surface area contributed by atoms with Gasteiger partial charge >= 0.3 is 5.97 Å². The van der Waals surface area contributed by atoms with Crippen LogP contribution < -0.4 is 10.5 Å². The highest BCUT2D eigenvalue weighted by Crippen LogP contribution is 2.30. The Bertz CT molecular complexity index is 610. The van der Waals surface area contributed by atoms with Crippen LogP contribution in [0.1, 0.15) is 16.8 Å². The molecule has 0 aromatic heterocycles. The third-order valence-corrected chi connectivity index (χ3v) is 3.09. The molecule has 0 amide bonds. The van der Waals surface area contributed by atoms with Crippen molar-refractivity contribution in [3.63, 3.8) is 0 Å². The van der Waals surface area contributed by atoms with Crippen LogP contribution in [0.15, 0.2) is 48.5 Å². The first-order valence-electron chi connectivity index (χ1n) is 6.87. The van der Waals surface area contributed by atoms with E-state index in [1.807, 2.05) is 36.4 Å². The van der Waals surface area contributed by atoms with Crippen molar-refractivity contribution in [1.29, 1.82) is 0 Å². The summed E-state index contributed by atoms with van der Waals surface area (Å²) in [4.78, 5) is 11.6. The lowest BCUT2D eigenvalue weighted by Gasteiger charge is -2.12. The molecule has 2 N–H and O–H groups in total. The van der Waals surface area contributed by atoms with Crippen LogP contribution in [0, 0.1) is 0 Å². The number of methoxy groups -OCH3 is 1. The maximum Gasteiger partial charge on any atom is 0.337 e. The molecule has 110 valence electrons. The minimum Gasteiger partial charge on any atom is -0.493 e. The van der Waals surface area contributed by atoms with E-state index >= 15 is 0 Å². The van der Waals surface area contributed by atoms with Crippen molar-refractivity contribution in [3.8, 4) is 16.9 Å². The number of esters is 1. The molecule has 0 saturated carbocycles. The molecule has 0 saturated heterocycles. The number of carbonyl (C=O) groups excluding carboxylic acids is 1. The molecule has 2 rings (SSSR count). The van der Waals surface area contributed by atoms with Crippen LogP contribution >= 0.6 is 0 Å². The molecule has 0 bridgehead atoms. The van der Waals surface area contributed by atoms with Gasteiger partial charge in [0, 0.05) is 5.56 Å². The molecule has 4 nitrogen and oxygen atoms in total. The van der Waals surface area contributed by atoms with Crippen LogP contribution in [0.2, 0.25) is 0 Å². The van der Waals surface area contributed by atoms with E-state index in [9.17, 15) is 4.79 Å². The average molecular weight is 285 g/mol. The Morgan fingerprint density at radius 3 is 2.71 bits per heavy atom. The van der Waals surface area contributed by atoms with Crippen molar-refractivity contribution in [2.24, 2.45) is 5.73 Å². The predicted molar refractivity (Wildman–Crippen MR) is 82.4 cm³/mol. The predicted octanol–water partition coefficient (Wildman–Crippen LogP) is 2.87. The van der Waals surface area contributed by atoms with Gasteiger partial charge in [-0.25, -0.2) is 4.79 Å². The first-order valence-corrected chi connectivity index (χ1v) is 6.87. The monoisotopic (exact) mass is 285 g/mol. The van der Waals surface area contributed by atoms with Crippen LogP contribution in [0.25, 0.3) is 11.1 Å². The maximum absolute atomic E-state index is 11.6. The summed E-state index contributed by atoms with van der Waals surface area (Å²) in [5, 5.41) is 0. The molecule has 0 aliphatic heterocycles. The summed E-state index contributed by atoms with van der Waals surface area (Å²) >= 11 is 0. The van der Waals surface area contributed by atoms with Gasteiger partial charge in [0.15, 0.2) is 0 Å². The SMILES string of the molecule is COC(=O)c1cccc(-c2ccccc2OCCCN)c1. The second-order valence-corrected chi connectivity index (χ2v) is 4.56. The van der Waals surface area contributed by atoms with Crippen LogP contribution in [0.4, 0.5) is 0 Å². The van der Waals surface area contributed by atoms with Gasteiger partial charge in [0.1, 0.15) is 5.75 Å². The molecular formula is C17H19NO3. The van der Waals surface area contributed by atoms with E-state index in [-0.39, 0.29) is 5.97 Å². The highest BCUT2D eigenvalue weighted by molar-refractivity contribution is 5.91. The van der Waals surface area contributed by atoms with Gasteiger partial charge in [-0.2, -0.15) is 0 Å². The normalized spacial score (nSPS) is 10.2. The number of carbonyl (C=O) groups is 1. The molecular weight excluding hydrogens is 266 g/mol. The number of hydrogen-bond donors (Lipinski definition) is 1. The van der Waals surface area contributed by atoms with Gasteiger partial charge in [-0.15, -0.1) is 0 Å². The lowest BCUT2D eigenvalue weighted by atomic mass is 10.0. The largest absolute Gasteiger partial charge is 0.493 e. The van der Waals surface area contributed by atoms with Gasteiger partial charge in [-0.1, -0.05) is 30.3 Å². The van der Waals surface area contributed by atoms with Crippen molar-refractivity contribution < 1.29 is 14.3 Å². The van der Waals surface area contributed by atoms with Crippen LogP contribution in [0.3, 0.4) is 0 Å². The number of ether oxygens (including phenoxy) is 2. The molecule has 2 aromatic rings. The molecule has 0 unspecified atom stereocenters. The fourth-order valence-corrected chi connectivity index (χ4v) is 2.03. The smallest absolute Gasteiger partial charge is 0.337 e.